The SMILES string of the molecule is CCOc1ccc(NCCCC(=O)OC)cc1. The topological polar surface area (TPSA) is 47.6 Å². The Morgan fingerprint density at radius 1 is 1.29 bits per heavy atom. The number of hydrogen-bond acceptors (Lipinski definition) is 4. The average molecular weight is 237 g/mol. The minimum absolute atomic E-state index is 0.168. The Kier molecular flexibility index (Phi) is 5.93. The monoisotopic (exact) mass is 237 g/mol. The number of rotatable bonds is 7. The van der Waals surface area contributed by atoms with E-state index < -0.39 is 0 Å². The van der Waals surface area contributed by atoms with Crippen LogP contribution in [0.25, 0.3) is 0 Å². The third-order valence-electron chi connectivity index (χ3n) is 2.28. The van der Waals surface area contributed by atoms with Crippen molar-refractivity contribution in [1.29, 1.82) is 0 Å². The molecule has 0 heterocycles. The van der Waals surface area contributed by atoms with Gasteiger partial charge in [0, 0.05) is 18.7 Å². The van der Waals surface area contributed by atoms with Gasteiger partial charge in [0.2, 0.25) is 0 Å². The number of nitrogens with one attached hydrogen (secondary N) is 1. The van der Waals surface area contributed by atoms with Crippen molar-refractivity contribution in [3.05, 3.63) is 24.3 Å². The van der Waals surface area contributed by atoms with E-state index >= 15 is 0 Å². The summed E-state index contributed by atoms with van der Waals surface area (Å²) in [5, 5.41) is 3.23. The molecule has 0 fully saturated rings. The molecule has 4 heteroatoms. The van der Waals surface area contributed by atoms with E-state index in [4.69, 9.17) is 4.74 Å². The van der Waals surface area contributed by atoms with Crippen LogP contribution in [0.15, 0.2) is 24.3 Å². The molecule has 0 saturated carbocycles. The highest BCUT2D eigenvalue weighted by molar-refractivity contribution is 5.69. The zero-order chi connectivity index (χ0) is 12.5. The molecule has 4 nitrogen and oxygen atoms in total. The highest BCUT2D eigenvalue weighted by Crippen LogP contribution is 2.15. The van der Waals surface area contributed by atoms with Crippen LogP contribution in [0.3, 0.4) is 0 Å². The Morgan fingerprint density at radius 3 is 2.59 bits per heavy atom. The zero-order valence-corrected chi connectivity index (χ0v) is 10.4. The molecule has 0 amide bonds. The summed E-state index contributed by atoms with van der Waals surface area (Å²) in [6.07, 6.45) is 1.21. The van der Waals surface area contributed by atoms with Crippen LogP contribution in [0.5, 0.6) is 5.75 Å². The van der Waals surface area contributed by atoms with Crippen molar-refractivity contribution >= 4 is 11.7 Å². The van der Waals surface area contributed by atoms with Crippen LogP contribution in [0.4, 0.5) is 5.69 Å². The zero-order valence-electron chi connectivity index (χ0n) is 10.4. The smallest absolute Gasteiger partial charge is 0.305 e. The number of carbonyl (C=O) groups excluding carboxylic acids is 1. The normalized spacial score (nSPS) is 9.76. The van der Waals surface area contributed by atoms with Gasteiger partial charge in [-0.3, -0.25) is 4.79 Å². The molecular weight excluding hydrogens is 218 g/mol. The van der Waals surface area contributed by atoms with Crippen LogP contribution in [0, 0.1) is 0 Å². The van der Waals surface area contributed by atoms with Gasteiger partial charge < -0.3 is 14.8 Å². The summed E-state index contributed by atoms with van der Waals surface area (Å²) in [5.41, 5.74) is 1.03. The number of hydrogen-bond donors (Lipinski definition) is 1. The van der Waals surface area contributed by atoms with Gasteiger partial charge in [-0.15, -0.1) is 0 Å². The first-order valence-electron chi connectivity index (χ1n) is 5.79. The summed E-state index contributed by atoms with van der Waals surface area (Å²) in [6, 6.07) is 7.77. The largest absolute Gasteiger partial charge is 0.494 e. The Balaban J connectivity index is 2.25. The van der Waals surface area contributed by atoms with E-state index in [9.17, 15) is 4.79 Å². The number of ether oxygens (including phenoxy) is 2. The van der Waals surface area contributed by atoms with Crippen LogP contribution in [-0.2, 0) is 9.53 Å². The maximum Gasteiger partial charge on any atom is 0.305 e. The highest BCUT2D eigenvalue weighted by Gasteiger charge is 1.99. The fourth-order valence-corrected chi connectivity index (χ4v) is 1.40. The van der Waals surface area contributed by atoms with E-state index in [0.29, 0.717) is 13.0 Å². The van der Waals surface area contributed by atoms with E-state index in [1.54, 1.807) is 0 Å². The molecule has 1 aromatic rings. The highest BCUT2D eigenvalue weighted by atomic mass is 16.5. The van der Waals surface area contributed by atoms with Crippen molar-refractivity contribution in [2.75, 3.05) is 25.6 Å². The molecule has 0 aliphatic carbocycles. The fraction of sp³-hybridized carbons (Fsp3) is 0.462. The van der Waals surface area contributed by atoms with E-state index in [1.165, 1.54) is 7.11 Å². The molecule has 0 aliphatic rings. The van der Waals surface area contributed by atoms with Gasteiger partial charge in [-0.2, -0.15) is 0 Å². The summed E-state index contributed by atoms with van der Waals surface area (Å²) in [5.74, 6) is 0.700. The molecule has 0 saturated heterocycles. The summed E-state index contributed by atoms with van der Waals surface area (Å²) >= 11 is 0. The molecule has 17 heavy (non-hydrogen) atoms. The number of benzene rings is 1. The second kappa shape index (κ2) is 7.54. The lowest BCUT2D eigenvalue weighted by molar-refractivity contribution is -0.140. The molecule has 0 radical (unpaired) electrons. The summed E-state index contributed by atoms with van der Waals surface area (Å²) < 4.78 is 9.91. The van der Waals surface area contributed by atoms with Crippen molar-refractivity contribution in [2.24, 2.45) is 0 Å². The third kappa shape index (κ3) is 5.24. The Hall–Kier alpha value is -1.71. The van der Waals surface area contributed by atoms with Gasteiger partial charge in [0.1, 0.15) is 5.75 Å². The minimum Gasteiger partial charge on any atom is -0.494 e. The van der Waals surface area contributed by atoms with Crippen LogP contribution in [0.1, 0.15) is 19.8 Å². The van der Waals surface area contributed by atoms with Crippen molar-refractivity contribution in [3.63, 3.8) is 0 Å². The first-order valence-corrected chi connectivity index (χ1v) is 5.79. The van der Waals surface area contributed by atoms with Gasteiger partial charge in [-0.05, 0) is 37.6 Å². The summed E-state index contributed by atoms with van der Waals surface area (Å²) in [6.45, 7) is 3.38. The van der Waals surface area contributed by atoms with Crippen molar-refractivity contribution in [2.45, 2.75) is 19.8 Å². The fourth-order valence-electron chi connectivity index (χ4n) is 1.40. The summed E-state index contributed by atoms with van der Waals surface area (Å²) in [7, 11) is 1.40. The maximum absolute atomic E-state index is 10.9. The van der Waals surface area contributed by atoms with Gasteiger partial charge in [-0.1, -0.05) is 0 Å². The number of esters is 1. The lowest BCUT2D eigenvalue weighted by Crippen LogP contribution is -2.06. The third-order valence-corrected chi connectivity index (χ3v) is 2.28. The standard InChI is InChI=1S/C13H19NO3/c1-3-17-12-8-6-11(7-9-12)14-10-4-5-13(15)16-2/h6-9,14H,3-5,10H2,1-2H3. The molecule has 0 spiro atoms. The van der Waals surface area contributed by atoms with Crippen molar-refractivity contribution in [1.82, 2.24) is 0 Å². The quantitative estimate of drug-likeness (QED) is 0.584. The lowest BCUT2D eigenvalue weighted by atomic mass is 10.2. The second-order valence-electron chi connectivity index (χ2n) is 3.56. The van der Waals surface area contributed by atoms with Crippen LogP contribution >= 0.6 is 0 Å². The molecule has 0 bridgehead atoms. The predicted molar refractivity (Wildman–Crippen MR) is 67.4 cm³/mol. The molecular formula is C13H19NO3. The van der Waals surface area contributed by atoms with Gasteiger partial charge >= 0.3 is 5.97 Å². The van der Waals surface area contributed by atoms with E-state index in [0.717, 1.165) is 24.4 Å². The first kappa shape index (κ1) is 13.4. The second-order valence-corrected chi connectivity index (χ2v) is 3.56. The van der Waals surface area contributed by atoms with Crippen molar-refractivity contribution in [3.8, 4) is 5.75 Å². The summed E-state index contributed by atoms with van der Waals surface area (Å²) in [4.78, 5) is 10.9. The molecule has 1 aromatic carbocycles. The van der Waals surface area contributed by atoms with Gasteiger partial charge in [-0.25, -0.2) is 0 Å². The molecule has 0 aliphatic heterocycles. The molecule has 0 aromatic heterocycles. The van der Waals surface area contributed by atoms with Crippen molar-refractivity contribution < 1.29 is 14.3 Å². The van der Waals surface area contributed by atoms with E-state index in [2.05, 4.69) is 10.1 Å². The number of carbonyl (C=O) groups is 1. The van der Waals surface area contributed by atoms with Gasteiger partial charge in [0.05, 0.1) is 13.7 Å². The Bertz CT molecular complexity index is 335. The molecule has 94 valence electrons. The van der Waals surface area contributed by atoms with Gasteiger partial charge in [0.25, 0.3) is 0 Å². The van der Waals surface area contributed by atoms with Gasteiger partial charge in [0.15, 0.2) is 0 Å². The van der Waals surface area contributed by atoms with Crippen LogP contribution < -0.4 is 10.1 Å². The number of methoxy groups -OCH3 is 1. The average Bonchev–Trinajstić information content (AvgIpc) is 2.36. The molecule has 0 unspecified atom stereocenters. The van der Waals surface area contributed by atoms with E-state index in [-0.39, 0.29) is 5.97 Å². The Labute approximate surface area is 102 Å². The van der Waals surface area contributed by atoms with Crippen LogP contribution in [0.2, 0.25) is 0 Å². The van der Waals surface area contributed by atoms with Crippen LogP contribution in [-0.4, -0.2) is 26.2 Å². The molecule has 1 rings (SSSR count). The van der Waals surface area contributed by atoms with E-state index in [1.807, 2.05) is 31.2 Å². The molecule has 1 N–H and O–H groups in total. The Morgan fingerprint density at radius 2 is 2.00 bits per heavy atom. The number of anilines is 1. The minimum atomic E-state index is -0.168. The predicted octanol–water partition coefficient (Wildman–Crippen LogP) is 2.45. The molecule has 0 atom stereocenters. The lowest BCUT2D eigenvalue weighted by Gasteiger charge is -2.07. The maximum atomic E-state index is 10.9. The first-order chi connectivity index (χ1) is 8.26.